The smallest absolute Gasteiger partial charge is 0.361 e. The second kappa shape index (κ2) is 12.4. The maximum absolute atomic E-state index is 13.6. The summed E-state index contributed by atoms with van der Waals surface area (Å²) in [6, 6.07) is 0. The van der Waals surface area contributed by atoms with Gasteiger partial charge in [-0.15, -0.1) is 0 Å². The molecule has 1 saturated carbocycles. The van der Waals surface area contributed by atoms with Crippen LogP contribution in [0.25, 0.3) is 11.2 Å². The third kappa shape index (κ3) is 8.16. The number of hydrogen-bond acceptors (Lipinski definition) is 14. The number of carbonyl (C=O) groups excluding carboxylic acids is 2. The molecule has 0 unspecified atom stereocenters. The molecule has 2 aromatic heterocycles. The van der Waals surface area contributed by atoms with E-state index in [0.29, 0.717) is 62.7 Å². The number of morpholine rings is 1. The van der Waals surface area contributed by atoms with Gasteiger partial charge in [0.2, 0.25) is 19.5 Å². The molecule has 0 aromatic carbocycles. The van der Waals surface area contributed by atoms with Crippen LogP contribution in [0.5, 0.6) is 0 Å². The molecule has 0 amide bonds. The zero-order valence-corrected chi connectivity index (χ0v) is 26.0. The number of imidazole rings is 1. The van der Waals surface area contributed by atoms with Crippen LogP contribution in [0.1, 0.15) is 54.4 Å². The molecule has 234 valence electrons. The summed E-state index contributed by atoms with van der Waals surface area (Å²) in [5.41, 5.74) is 4.95. The van der Waals surface area contributed by atoms with Crippen molar-refractivity contribution in [3.05, 3.63) is 6.33 Å². The van der Waals surface area contributed by atoms with E-state index < -0.39 is 55.9 Å². The van der Waals surface area contributed by atoms with Gasteiger partial charge in [-0.25, -0.2) is 4.98 Å². The van der Waals surface area contributed by atoms with Gasteiger partial charge in [-0.3, -0.25) is 23.2 Å². The summed E-state index contributed by atoms with van der Waals surface area (Å²) >= 11 is 0. The van der Waals surface area contributed by atoms with Crippen LogP contribution in [0.15, 0.2) is 6.33 Å². The van der Waals surface area contributed by atoms with E-state index in [-0.39, 0.29) is 5.95 Å². The lowest BCUT2D eigenvalue weighted by atomic mass is 9.98. The number of hydrogen-bond donors (Lipinski definition) is 1. The van der Waals surface area contributed by atoms with Crippen molar-refractivity contribution < 1.29 is 42.1 Å². The quantitative estimate of drug-likeness (QED) is 0.210. The van der Waals surface area contributed by atoms with Crippen LogP contribution in [0.2, 0.25) is 0 Å². The Kier molecular flexibility index (Phi) is 9.48. The summed E-state index contributed by atoms with van der Waals surface area (Å²) in [4.78, 5) is 39.8. The summed E-state index contributed by atoms with van der Waals surface area (Å²) in [6.45, 7) is 11.7. The first kappa shape index (κ1) is 32.1. The number of fused-ring (bicyclic) bond motifs is 1. The normalized spacial score (nSPS) is 17.3. The first-order valence-electron chi connectivity index (χ1n) is 13.8. The number of aromatic nitrogens is 4. The molecule has 1 saturated heterocycles. The number of anilines is 2. The van der Waals surface area contributed by atoms with Crippen molar-refractivity contribution in [2.24, 2.45) is 10.8 Å². The van der Waals surface area contributed by atoms with Crippen LogP contribution < -0.4 is 10.6 Å². The summed E-state index contributed by atoms with van der Waals surface area (Å²) in [5, 5.41) is 0. The highest BCUT2D eigenvalue weighted by atomic mass is 31.2. The summed E-state index contributed by atoms with van der Waals surface area (Å²) < 4.78 is 48.0. The molecule has 4 rings (SSSR count). The molecular formula is C26H41N6O9P. The zero-order valence-electron chi connectivity index (χ0n) is 25.1. The number of ether oxygens (including phenoxy) is 4. The van der Waals surface area contributed by atoms with Gasteiger partial charge in [-0.05, 0) is 54.4 Å². The Bertz CT molecular complexity index is 1290. The maximum atomic E-state index is 13.6. The number of carbonyl (C=O) groups is 2. The largest absolute Gasteiger partial charge is 0.438 e. The molecule has 15 nitrogen and oxygen atoms in total. The monoisotopic (exact) mass is 612 g/mol. The fourth-order valence-electron chi connectivity index (χ4n) is 3.94. The highest BCUT2D eigenvalue weighted by molar-refractivity contribution is 7.53. The van der Waals surface area contributed by atoms with Gasteiger partial charge in [0.05, 0.1) is 42.5 Å². The van der Waals surface area contributed by atoms with E-state index in [0.717, 1.165) is 0 Å². The number of nitrogens with zero attached hydrogens (tertiary/aromatic N) is 5. The number of nitrogens with two attached hydrogens (primary N) is 1. The third-order valence-electron chi connectivity index (χ3n) is 6.67. The van der Waals surface area contributed by atoms with Crippen molar-refractivity contribution in [3.63, 3.8) is 0 Å². The molecule has 0 bridgehead atoms. The molecule has 0 radical (unpaired) electrons. The Morgan fingerprint density at radius 3 is 2.10 bits per heavy atom. The number of rotatable bonds is 12. The molecule has 42 heavy (non-hydrogen) atoms. The lowest BCUT2D eigenvalue weighted by Crippen LogP contribution is -2.37. The molecule has 1 aliphatic heterocycles. The van der Waals surface area contributed by atoms with Gasteiger partial charge in [-0.1, -0.05) is 0 Å². The predicted molar refractivity (Wildman–Crippen MR) is 151 cm³/mol. The fraction of sp³-hybridized carbons (Fsp3) is 0.731. The molecule has 2 aliphatic rings. The predicted octanol–water partition coefficient (Wildman–Crippen LogP) is 3.07. The van der Waals surface area contributed by atoms with Crippen molar-refractivity contribution in [1.82, 2.24) is 19.5 Å². The fourth-order valence-corrected chi connectivity index (χ4v) is 5.02. The van der Waals surface area contributed by atoms with Crippen LogP contribution in [0, 0.1) is 10.8 Å². The molecule has 2 N–H and O–H groups in total. The maximum Gasteiger partial charge on any atom is 0.361 e. The number of nitrogen functional groups attached to an aromatic ring is 1. The number of esters is 2. The van der Waals surface area contributed by atoms with E-state index >= 15 is 0 Å². The van der Waals surface area contributed by atoms with Gasteiger partial charge >= 0.3 is 19.5 Å². The van der Waals surface area contributed by atoms with Crippen LogP contribution in [0.4, 0.5) is 11.8 Å². The highest BCUT2D eigenvalue weighted by Gasteiger charge is 2.47. The average molecular weight is 613 g/mol. The lowest BCUT2D eigenvalue weighted by Gasteiger charge is -2.28. The molecule has 3 heterocycles. The van der Waals surface area contributed by atoms with E-state index in [1.807, 2.05) is 4.57 Å². The Balaban J connectivity index is 1.44. The first-order valence-corrected chi connectivity index (χ1v) is 15.5. The lowest BCUT2D eigenvalue weighted by molar-refractivity contribution is -0.162. The first-order chi connectivity index (χ1) is 19.6. The van der Waals surface area contributed by atoms with E-state index in [1.54, 1.807) is 47.9 Å². The zero-order chi connectivity index (χ0) is 30.8. The van der Waals surface area contributed by atoms with Gasteiger partial charge in [0, 0.05) is 13.1 Å². The van der Waals surface area contributed by atoms with E-state index in [9.17, 15) is 14.2 Å². The molecule has 2 aromatic rings. The topological polar surface area (TPSA) is 179 Å². The third-order valence-corrected chi connectivity index (χ3v) is 8.11. The van der Waals surface area contributed by atoms with Crippen LogP contribution in [-0.4, -0.2) is 83.3 Å². The Morgan fingerprint density at radius 2 is 1.57 bits per heavy atom. The van der Waals surface area contributed by atoms with Crippen molar-refractivity contribution in [2.75, 3.05) is 56.9 Å². The molecule has 0 atom stereocenters. The van der Waals surface area contributed by atoms with Crippen LogP contribution >= 0.6 is 7.60 Å². The molecule has 0 spiro atoms. The van der Waals surface area contributed by atoms with E-state index in [2.05, 4.69) is 19.9 Å². The van der Waals surface area contributed by atoms with Gasteiger partial charge in [-0.2, -0.15) is 9.97 Å². The standard InChI is InChI=1S/C26H41N6O9P/c1-24(2,3)21(33)37-15-40-42(35,41-16-38-22(34)25(4,5)6)17-39-26(7-8-26)13-32-14-28-18-19(29-23(27)30-20(18)32)31-9-11-36-12-10-31/h14H,7-13,15-17H2,1-6H3,(H2,27,29,30). The minimum absolute atomic E-state index is 0.123. The minimum atomic E-state index is -4.03. The van der Waals surface area contributed by atoms with Gasteiger partial charge in [0.15, 0.2) is 17.0 Å². The second-order valence-corrected chi connectivity index (χ2v) is 14.5. The summed E-state index contributed by atoms with van der Waals surface area (Å²) in [5.74, 6) is -0.321. The van der Waals surface area contributed by atoms with Crippen molar-refractivity contribution >= 4 is 42.5 Å². The van der Waals surface area contributed by atoms with Gasteiger partial charge in [0.1, 0.15) is 6.35 Å². The SMILES string of the molecule is CC(C)(C)C(=O)OCOP(=O)(COC1(Cn2cnc3c(N4CCOCC4)nc(N)nc32)CC1)OCOC(=O)C(C)(C)C. The van der Waals surface area contributed by atoms with E-state index in [4.69, 9.17) is 33.7 Å². The van der Waals surface area contributed by atoms with Crippen molar-refractivity contribution in [2.45, 2.75) is 66.5 Å². The van der Waals surface area contributed by atoms with Gasteiger partial charge < -0.3 is 34.1 Å². The van der Waals surface area contributed by atoms with Crippen LogP contribution in [0.3, 0.4) is 0 Å². The molecule has 2 fully saturated rings. The summed E-state index contributed by atoms with van der Waals surface area (Å²) in [6.07, 6.45) is 2.52. The Morgan fingerprint density at radius 1 is 1.00 bits per heavy atom. The van der Waals surface area contributed by atoms with Gasteiger partial charge in [0.25, 0.3) is 0 Å². The Hall–Kier alpha value is -2.84. The molecule has 1 aliphatic carbocycles. The average Bonchev–Trinajstić information content (AvgIpc) is 3.58. The van der Waals surface area contributed by atoms with Crippen LogP contribution in [-0.2, 0) is 48.7 Å². The van der Waals surface area contributed by atoms with Crippen molar-refractivity contribution in [1.29, 1.82) is 0 Å². The highest BCUT2D eigenvalue weighted by Crippen LogP contribution is 2.52. The molecular weight excluding hydrogens is 571 g/mol. The van der Waals surface area contributed by atoms with Crippen molar-refractivity contribution in [3.8, 4) is 0 Å². The summed E-state index contributed by atoms with van der Waals surface area (Å²) in [7, 11) is -4.03. The minimum Gasteiger partial charge on any atom is -0.438 e. The molecule has 16 heteroatoms. The second-order valence-electron chi connectivity index (χ2n) is 12.5. The van der Waals surface area contributed by atoms with E-state index in [1.165, 1.54) is 0 Å². The Labute approximate surface area is 244 Å².